The van der Waals surface area contributed by atoms with E-state index < -0.39 is 0 Å². The van der Waals surface area contributed by atoms with E-state index in [1.807, 2.05) is 11.8 Å². The van der Waals surface area contributed by atoms with Crippen molar-refractivity contribution in [2.24, 2.45) is 0 Å². The second-order valence-corrected chi connectivity index (χ2v) is 4.91. The Balaban J connectivity index is 1.95. The Hall–Kier alpha value is -1.84. The van der Waals surface area contributed by atoms with Crippen molar-refractivity contribution in [1.82, 2.24) is 4.90 Å². The zero-order valence-corrected chi connectivity index (χ0v) is 11.4. The fourth-order valence-corrected chi connectivity index (χ4v) is 2.23. The molecule has 0 unspecified atom stereocenters. The summed E-state index contributed by atoms with van der Waals surface area (Å²) in [6.45, 7) is 5.16. The zero-order chi connectivity index (χ0) is 13.8. The minimum absolute atomic E-state index is 0.0304. The number of aryl methyl sites for hydroxylation is 1. The summed E-state index contributed by atoms with van der Waals surface area (Å²) in [5.74, 6) is 0.730. The van der Waals surface area contributed by atoms with E-state index in [-0.39, 0.29) is 18.3 Å². The van der Waals surface area contributed by atoms with Gasteiger partial charge in [0.15, 0.2) is 12.4 Å². The molecule has 1 amide bonds. The van der Waals surface area contributed by atoms with Gasteiger partial charge in [0.05, 0.1) is 0 Å². The number of hydrogen-bond acceptors (Lipinski definition) is 3. The Kier molecular flexibility index (Phi) is 4.20. The molecule has 4 heteroatoms. The lowest BCUT2D eigenvalue weighted by molar-refractivity contribution is -0.132. The van der Waals surface area contributed by atoms with Crippen LogP contribution < -0.4 is 4.74 Å². The molecule has 1 saturated heterocycles. The van der Waals surface area contributed by atoms with Gasteiger partial charge in [0.2, 0.25) is 0 Å². The molecule has 0 radical (unpaired) electrons. The van der Waals surface area contributed by atoms with Crippen molar-refractivity contribution >= 4 is 11.7 Å². The number of rotatable bonds is 4. The molecular weight excluding hydrogens is 242 g/mol. The summed E-state index contributed by atoms with van der Waals surface area (Å²) in [7, 11) is 0. The molecule has 0 spiro atoms. The SMILES string of the molecule is CC(=O)c1ccc(OCC(=O)N2CCCC2)c(C)c1. The number of carbonyl (C=O) groups excluding carboxylic acids is 2. The third-order valence-electron chi connectivity index (χ3n) is 3.39. The normalized spacial score (nSPS) is 14.5. The summed E-state index contributed by atoms with van der Waals surface area (Å²) < 4.78 is 5.54. The Morgan fingerprint density at radius 1 is 1.26 bits per heavy atom. The zero-order valence-electron chi connectivity index (χ0n) is 11.4. The summed E-state index contributed by atoms with van der Waals surface area (Å²) in [6.07, 6.45) is 2.16. The van der Waals surface area contributed by atoms with Crippen LogP contribution in [0.15, 0.2) is 18.2 Å². The Bertz CT molecular complexity index is 490. The molecule has 0 aromatic heterocycles. The topological polar surface area (TPSA) is 46.6 Å². The highest BCUT2D eigenvalue weighted by molar-refractivity contribution is 5.94. The molecule has 1 aromatic carbocycles. The van der Waals surface area contributed by atoms with E-state index in [9.17, 15) is 9.59 Å². The van der Waals surface area contributed by atoms with Crippen LogP contribution in [-0.2, 0) is 4.79 Å². The molecule has 1 aliphatic heterocycles. The largest absolute Gasteiger partial charge is 0.483 e. The molecule has 4 nitrogen and oxygen atoms in total. The second-order valence-electron chi connectivity index (χ2n) is 4.91. The molecule has 0 N–H and O–H groups in total. The lowest BCUT2D eigenvalue weighted by Crippen LogP contribution is -2.32. The lowest BCUT2D eigenvalue weighted by atomic mass is 10.1. The predicted octanol–water partition coefficient (Wildman–Crippen LogP) is 2.20. The monoisotopic (exact) mass is 261 g/mol. The van der Waals surface area contributed by atoms with Crippen LogP contribution in [0.3, 0.4) is 0 Å². The van der Waals surface area contributed by atoms with Gasteiger partial charge in [-0.1, -0.05) is 0 Å². The summed E-state index contributed by atoms with van der Waals surface area (Å²) in [4.78, 5) is 24.9. The highest BCUT2D eigenvalue weighted by Gasteiger charge is 2.18. The van der Waals surface area contributed by atoms with Crippen LogP contribution in [0.25, 0.3) is 0 Å². The van der Waals surface area contributed by atoms with Crippen molar-refractivity contribution < 1.29 is 14.3 Å². The molecule has 0 saturated carbocycles. The Morgan fingerprint density at radius 3 is 2.53 bits per heavy atom. The number of carbonyl (C=O) groups is 2. The fraction of sp³-hybridized carbons (Fsp3) is 0.467. The van der Waals surface area contributed by atoms with Gasteiger partial charge in [-0.2, -0.15) is 0 Å². The van der Waals surface area contributed by atoms with Crippen LogP contribution in [0.2, 0.25) is 0 Å². The van der Waals surface area contributed by atoms with Crippen molar-refractivity contribution in [3.63, 3.8) is 0 Å². The van der Waals surface area contributed by atoms with Gasteiger partial charge in [-0.05, 0) is 50.5 Å². The van der Waals surface area contributed by atoms with Crippen molar-refractivity contribution in [3.05, 3.63) is 29.3 Å². The van der Waals surface area contributed by atoms with Crippen molar-refractivity contribution in [2.75, 3.05) is 19.7 Å². The van der Waals surface area contributed by atoms with Crippen molar-refractivity contribution in [2.45, 2.75) is 26.7 Å². The van der Waals surface area contributed by atoms with E-state index in [0.717, 1.165) is 31.5 Å². The first-order valence-electron chi connectivity index (χ1n) is 6.60. The first-order chi connectivity index (χ1) is 9.08. The standard InChI is InChI=1S/C15H19NO3/c1-11-9-13(12(2)17)5-6-14(11)19-10-15(18)16-7-3-4-8-16/h5-6,9H,3-4,7-8,10H2,1-2H3. The van der Waals surface area contributed by atoms with Crippen LogP contribution in [0, 0.1) is 6.92 Å². The third-order valence-corrected chi connectivity index (χ3v) is 3.39. The lowest BCUT2D eigenvalue weighted by Gasteiger charge is -2.16. The second kappa shape index (κ2) is 5.87. The summed E-state index contributed by atoms with van der Waals surface area (Å²) in [5.41, 5.74) is 1.54. The summed E-state index contributed by atoms with van der Waals surface area (Å²) in [6, 6.07) is 5.27. The molecule has 0 aliphatic carbocycles. The average Bonchev–Trinajstić information content (AvgIpc) is 2.90. The molecule has 2 rings (SSSR count). The number of ether oxygens (including phenoxy) is 1. The van der Waals surface area contributed by atoms with Crippen LogP contribution in [0.5, 0.6) is 5.75 Å². The van der Waals surface area contributed by atoms with Crippen molar-refractivity contribution in [1.29, 1.82) is 0 Å². The quantitative estimate of drug-likeness (QED) is 0.781. The minimum Gasteiger partial charge on any atom is -0.483 e. The van der Waals surface area contributed by atoms with Gasteiger partial charge in [0, 0.05) is 18.7 Å². The van der Waals surface area contributed by atoms with Gasteiger partial charge in [-0.25, -0.2) is 0 Å². The molecule has 1 heterocycles. The number of ketones is 1. The predicted molar refractivity (Wildman–Crippen MR) is 72.5 cm³/mol. The maximum atomic E-state index is 11.9. The first-order valence-corrected chi connectivity index (χ1v) is 6.60. The molecule has 1 aromatic rings. The van der Waals surface area contributed by atoms with Crippen LogP contribution >= 0.6 is 0 Å². The molecule has 102 valence electrons. The van der Waals surface area contributed by atoms with Crippen LogP contribution in [0.1, 0.15) is 35.7 Å². The van der Waals surface area contributed by atoms with Gasteiger partial charge in [-0.15, -0.1) is 0 Å². The van der Waals surface area contributed by atoms with Gasteiger partial charge in [0.1, 0.15) is 5.75 Å². The van der Waals surface area contributed by atoms with Crippen molar-refractivity contribution in [3.8, 4) is 5.75 Å². The average molecular weight is 261 g/mol. The van der Waals surface area contributed by atoms with Crippen LogP contribution in [-0.4, -0.2) is 36.3 Å². The summed E-state index contributed by atoms with van der Waals surface area (Å²) in [5, 5.41) is 0. The number of Topliss-reactive ketones (excluding diaryl/α,β-unsaturated/α-hetero) is 1. The number of likely N-dealkylation sites (tertiary alicyclic amines) is 1. The third kappa shape index (κ3) is 3.34. The van der Waals surface area contributed by atoms with E-state index in [4.69, 9.17) is 4.74 Å². The molecular formula is C15H19NO3. The Labute approximate surface area is 113 Å². The van der Waals surface area contributed by atoms with Gasteiger partial charge >= 0.3 is 0 Å². The fourth-order valence-electron chi connectivity index (χ4n) is 2.23. The maximum absolute atomic E-state index is 11.9. The molecule has 19 heavy (non-hydrogen) atoms. The summed E-state index contributed by atoms with van der Waals surface area (Å²) >= 11 is 0. The Morgan fingerprint density at radius 2 is 1.95 bits per heavy atom. The number of amides is 1. The van der Waals surface area contributed by atoms with Gasteiger partial charge in [-0.3, -0.25) is 9.59 Å². The number of nitrogens with zero attached hydrogens (tertiary/aromatic N) is 1. The number of benzene rings is 1. The molecule has 0 bridgehead atoms. The van der Waals surface area contributed by atoms with E-state index in [1.165, 1.54) is 6.92 Å². The van der Waals surface area contributed by atoms with Gasteiger partial charge in [0.25, 0.3) is 5.91 Å². The van der Waals surface area contributed by atoms with E-state index in [0.29, 0.717) is 11.3 Å². The molecule has 0 atom stereocenters. The minimum atomic E-state index is 0.0304. The smallest absolute Gasteiger partial charge is 0.260 e. The van der Waals surface area contributed by atoms with Gasteiger partial charge < -0.3 is 9.64 Å². The van der Waals surface area contributed by atoms with E-state index in [1.54, 1.807) is 18.2 Å². The van der Waals surface area contributed by atoms with E-state index in [2.05, 4.69) is 0 Å². The van der Waals surface area contributed by atoms with Crippen LogP contribution in [0.4, 0.5) is 0 Å². The first kappa shape index (κ1) is 13.6. The molecule has 1 aliphatic rings. The maximum Gasteiger partial charge on any atom is 0.260 e. The molecule has 1 fully saturated rings. The van der Waals surface area contributed by atoms with E-state index >= 15 is 0 Å². The highest BCUT2D eigenvalue weighted by Crippen LogP contribution is 2.19. The highest BCUT2D eigenvalue weighted by atomic mass is 16.5. The number of hydrogen-bond donors (Lipinski definition) is 0.